The summed E-state index contributed by atoms with van der Waals surface area (Å²) < 4.78 is 0. The van der Waals surface area contributed by atoms with E-state index in [1.807, 2.05) is 0 Å². The summed E-state index contributed by atoms with van der Waals surface area (Å²) in [6.45, 7) is 1.73. The monoisotopic (exact) mass is 126 g/mol. The van der Waals surface area contributed by atoms with Crippen molar-refractivity contribution >= 4 is 5.97 Å². The van der Waals surface area contributed by atoms with E-state index >= 15 is 0 Å². The lowest BCUT2D eigenvalue weighted by Gasteiger charge is -2.11. The Morgan fingerprint density at radius 2 is 2.56 bits per heavy atom. The van der Waals surface area contributed by atoms with Crippen molar-refractivity contribution in [2.75, 3.05) is 0 Å². The number of aliphatic carboxylic acids is 1. The smallest absolute Gasteiger partial charge is 0.310 e. The zero-order valence-corrected chi connectivity index (χ0v) is 4.87. The van der Waals surface area contributed by atoms with Gasteiger partial charge in [-0.05, 0) is 12.6 Å². The SMILES string of the molecule is O=C(O)C1C=CN[CH]C1. The first-order valence-corrected chi connectivity index (χ1v) is 2.78. The van der Waals surface area contributed by atoms with Gasteiger partial charge in [-0.3, -0.25) is 4.79 Å². The quantitative estimate of drug-likeness (QED) is 0.533. The molecule has 0 saturated heterocycles. The molecule has 0 saturated carbocycles. The number of carbonyl (C=O) groups is 1. The van der Waals surface area contributed by atoms with Gasteiger partial charge in [0.25, 0.3) is 0 Å². The summed E-state index contributed by atoms with van der Waals surface area (Å²) in [5.74, 6) is -1.09. The minimum Gasteiger partial charge on any atom is -0.481 e. The third-order valence-corrected chi connectivity index (χ3v) is 1.23. The summed E-state index contributed by atoms with van der Waals surface area (Å²) in [4.78, 5) is 10.3. The van der Waals surface area contributed by atoms with Gasteiger partial charge >= 0.3 is 5.97 Å². The van der Waals surface area contributed by atoms with Gasteiger partial charge in [-0.2, -0.15) is 0 Å². The third-order valence-electron chi connectivity index (χ3n) is 1.23. The molecule has 1 radical (unpaired) electrons. The summed E-state index contributed by atoms with van der Waals surface area (Å²) >= 11 is 0. The van der Waals surface area contributed by atoms with Gasteiger partial charge in [0, 0.05) is 6.54 Å². The van der Waals surface area contributed by atoms with Crippen LogP contribution in [0.25, 0.3) is 0 Å². The molecule has 0 aromatic rings. The van der Waals surface area contributed by atoms with Crippen LogP contribution in [0.1, 0.15) is 6.42 Å². The normalized spacial score (nSPS) is 25.1. The van der Waals surface area contributed by atoms with Crippen LogP contribution in [0, 0.1) is 12.5 Å². The molecule has 3 heteroatoms. The van der Waals surface area contributed by atoms with E-state index in [2.05, 4.69) is 5.32 Å². The Morgan fingerprint density at radius 3 is 2.89 bits per heavy atom. The van der Waals surface area contributed by atoms with Crippen molar-refractivity contribution in [1.29, 1.82) is 0 Å². The Hall–Kier alpha value is -0.990. The summed E-state index contributed by atoms with van der Waals surface area (Å²) in [5, 5.41) is 11.2. The number of hydrogen-bond acceptors (Lipinski definition) is 2. The maximum absolute atomic E-state index is 10.3. The largest absolute Gasteiger partial charge is 0.481 e. The van der Waals surface area contributed by atoms with E-state index in [0.29, 0.717) is 6.42 Å². The number of carboxylic acids is 1. The Kier molecular flexibility index (Phi) is 1.72. The zero-order valence-electron chi connectivity index (χ0n) is 4.87. The number of carboxylic acid groups (broad SMARTS) is 1. The fraction of sp³-hybridized carbons (Fsp3) is 0.333. The maximum Gasteiger partial charge on any atom is 0.310 e. The van der Waals surface area contributed by atoms with Gasteiger partial charge in [0.1, 0.15) is 0 Å². The predicted octanol–water partition coefficient (Wildman–Crippen LogP) is 0.356. The lowest BCUT2D eigenvalue weighted by molar-refractivity contribution is -0.140. The van der Waals surface area contributed by atoms with Crippen molar-refractivity contribution in [3.63, 3.8) is 0 Å². The second-order valence-electron chi connectivity index (χ2n) is 1.91. The molecule has 0 aromatic carbocycles. The van der Waals surface area contributed by atoms with Crippen LogP contribution in [-0.4, -0.2) is 11.1 Å². The van der Waals surface area contributed by atoms with E-state index in [1.54, 1.807) is 18.8 Å². The van der Waals surface area contributed by atoms with E-state index in [4.69, 9.17) is 5.11 Å². The molecule has 49 valence electrons. The highest BCUT2D eigenvalue weighted by molar-refractivity contribution is 5.72. The summed E-state index contributed by atoms with van der Waals surface area (Å²) in [6.07, 6.45) is 3.86. The summed E-state index contributed by atoms with van der Waals surface area (Å²) in [7, 11) is 0. The molecule has 9 heavy (non-hydrogen) atoms. The van der Waals surface area contributed by atoms with Crippen molar-refractivity contribution in [2.45, 2.75) is 6.42 Å². The molecule has 1 atom stereocenters. The van der Waals surface area contributed by atoms with Gasteiger partial charge in [-0.15, -0.1) is 0 Å². The van der Waals surface area contributed by atoms with Crippen LogP contribution >= 0.6 is 0 Å². The second-order valence-corrected chi connectivity index (χ2v) is 1.91. The molecule has 3 nitrogen and oxygen atoms in total. The molecule has 0 aromatic heterocycles. The van der Waals surface area contributed by atoms with Gasteiger partial charge in [-0.1, -0.05) is 6.08 Å². The highest BCUT2D eigenvalue weighted by atomic mass is 16.4. The number of hydrogen-bond donors (Lipinski definition) is 2. The number of nitrogens with one attached hydrogen (secondary N) is 1. The standard InChI is InChI=1S/C6H8NO2/c8-6(9)5-1-3-7-4-2-5/h1,3-5,7H,2H2,(H,8,9). The third kappa shape index (κ3) is 1.45. The molecule has 0 bridgehead atoms. The first-order valence-electron chi connectivity index (χ1n) is 2.78. The van der Waals surface area contributed by atoms with Crippen LogP contribution in [0.2, 0.25) is 0 Å². The van der Waals surface area contributed by atoms with Crippen molar-refractivity contribution in [3.05, 3.63) is 18.8 Å². The molecule has 0 aliphatic carbocycles. The van der Waals surface area contributed by atoms with Crippen molar-refractivity contribution < 1.29 is 9.90 Å². The molecule has 1 rings (SSSR count). The van der Waals surface area contributed by atoms with Gasteiger partial charge in [-0.25, -0.2) is 0 Å². The van der Waals surface area contributed by atoms with Gasteiger partial charge in [0.15, 0.2) is 0 Å². The second kappa shape index (κ2) is 2.53. The minimum atomic E-state index is -0.760. The van der Waals surface area contributed by atoms with Crippen molar-refractivity contribution in [2.24, 2.45) is 5.92 Å². The molecule has 0 fully saturated rings. The van der Waals surface area contributed by atoms with E-state index in [0.717, 1.165) is 0 Å². The highest BCUT2D eigenvalue weighted by Gasteiger charge is 2.14. The van der Waals surface area contributed by atoms with Crippen molar-refractivity contribution in [3.8, 4) is 0 Å². The zero-order chi connectivity index (χ0) is 6.69. The maximum atomic E-state index is 10.3. The molecule has 1 aliphatic rings. The minimum absolute atomic E-state index is 0.328. The molecule has 1 heterocycles. The summed E-state index contributed by atoms with van der Waals surface area (Å²) in [5.41, 5.74) is 0. The highest BCUT2D eigenvalue weighted by Crippen LogP contribution is 2.09. The lowest BCUT2D eigenvalue weighted by atomic mass is 10.0. The first-order chi connectivity index (χ1) is 4.30. The van der Waals surface area contributed by atoms with Crippen LogP contribution in [0.4, 0.5) is 0 Å². The molecule has 0 amide bonds. The Bertz CT molecular complexity index is 142. The Labute approximate surface area is 53.4 Å². The van der Waals surface area contributed by atoms with E-state index in [1.165, 1.54) is 0 Å². The van der Waals surface area contributed by atoms with Crippen LogP contribution < -0.4 is 5.32 Å². The average Bonchev–Trinajstić information content (AvgIpc) is 1.90. The summed E-state index contributed by atoms with van der Waals surface area (Å²) in [6, 6.07) is 0. The molecular weight excluding hydrogens is 118 g/mol. The fourth-order valence-electron chi connectivity index (χ4n) is 0.696. The molecular formula is C6H8NO2. The molecule has 0 spiro atoms. The van der Waals surface area contributed by atoms with Gasteiger partial charge in [0.05, 0.1) is 5.92 Å². The van der Waals surface area contributed by atoms with Gasteiger partial charge < -0.3 is 10.4 Å². The topological polar surface area (TPSA) is 49.3 Å². The van der Waals surface area contributed by atoms with E-state index < -0.39 is 5.97 Å². The predicted molar refractivity (Wildman–Crippen MR) is 32.3 cm³/mol. The average molecular weight is 126 g/mol. The van der Waals surface area contributed by atoms with Crippen LogP contribution in [0.5, 0.6) is 0 Å². The molecule has 1 unspecified atom stereocenters. The van der Waals surface area contributed by atoms with Crippen LogP contribution in [0.15, 0.2) is 12.3 Å². The van der Waals surface area contributed by atoms with E-state index in [9.17, 15) is 4.79 Å². The van der Waals surface area contributed by atoms with Crippen molar-refractivity contribution in [1.82, 2.24) is 5.32 Å². The van der Waals surface area contributed by atoms with Crippen LogP contribution in [0.3, 0.4) is 0 Å². The molecule has 2 N–H and O–H groups in total. The Morgan fingerprint density at radius 1 is 1.78 bits per heavy atom. The number of rotatable bonds is 1. The van der Waals surface area contributed by atoms with Crippen LogP contribution in [-0.2, 0) is 4.79 Å². The van der Waals surface area contributed by atoms with Gasteiger partial charge in [0.2, 0.25) is 0 Å². The lowest BCUT2D eigenvalue weighted by Crippen LogP contribution is -2.18. The first kappa shape index (κ1) is 6.13. The Balaban J connectivity index is 2.50. The molecule has 1 aliphatic heterocycles. The van der Waals surface area contributed by atoms with E-state index in [-0.39, 0.29) is 5.92 Å². The fourth-order valence-corrected chi connectivity index (χ4v) is 0.696.